The van der Waals surface area contributed by atoms with Gasteiger partial charge >= 0.3 is 0 Å². The van der Waals surface area contributed by atoms with Gasteiger partial charge in [-0.25, -0.2) is 0 Å². The van der Waals surface area contributed by atoms with E-state index in [9.17, 15) is 0 Å². The van der Waals surface area contributed by atoms with E-state index in [0.717, 1.165) is 12.2 Å². The summed E-state index contributed by atoms with van der Waals surface area (Å²) in [6.07, 6.45) is 1.12. The Morgan fingerprint density at radius 3 is 2.00 bits per heavy atom. The first-order valence-electron chi connectivity index (χ1n) is 6.04. The van der Waals surface area contributed by atoms with Crippen molar-refractivity contribution in [3.8, 4) is 5.75 Å². The largest absolute Gasteiger partial charge is 0.496 e. The summed E-state index contributed by atoms with van der Waals surface area (Å²) in [6, 6.07) is 4.44. The molecule has 1 aromatic rings. The molecular formula is C15H23BrO. The monoisotopic (exact) mass is 298 g/mol. The van der Waals surface area contributed by atoms with Gasteiger partial charge in [0.15, 0.2) is 0 Å². The first-order valence-corrected chi connectivity index (χ1v) is 6.95. The summed E-state index contributed by atoms with van der Waals surface area (Å²) in [4.78, 5) is 0.408. The van der Waals surface area contributed by atoms with Gasteiger partial charge in [-0.2, -0.15) is 0 Å². The van der Waals surface area contributed by atoms with Crippen LogP contribution in [0.25, 0.3) is 0 Å². The lowest BCUT2D eigenvalue weighted by molar-refractivity contribution is 0.376. The summed E-state index contributed by atoms with van der Waals surface area (Å²) in [6.45, 7) is 11.0. The van der Waals surface area contributed by atoms with Gasteiger partial charge in [-0.1, -0.05) is 48.8 Å². The molecule has 0 fully saturated rings. The molecule has 1 aromatic carbocycles. The Balaban J connectivity index is 3.00. The zero-order valence-corrected chi connectivity index (χ0v) is 13.3. The number of aryl methyl sites for hydroxylation is 2. The summed E-state index contributed by atoms with van der Waals surface area (Å²) < 4.78 is 5.40. The number of benzene rings is 1. The van der Waals surface area contributed by atoms with Crippen LogP contribution in [0, 0.1) is 19.3 Å². The van der Waals surface area contributed by atoms with Gasteiger partial charge in [0.2, 0.25) is 0 Å². The maximum Gasteiger partial charge on any atom is 0.124 e. The molecule has 0 N–H and O–H groups in total. The summed E-state index contributed by atoms with van der Waals surface area (Å²) in [7, 11) is 1.73. The lowest BCUT2D eigenvalue weighted by Crippen LogP contribution is -2.08. The van der Waals surface area contributed by atoms with Crippen LogP contribution in [-0.2, 0) is 0 Å². The third-order valence-corrected chi connectivity index (χ3v) is 3.69. The standard InChI is InChI=1S/C15H23BrO/c1-10-7-12(8-11(2)14(10)17-6)13(16)9-15(3,4)5/h7-8,13H,9H2,1-6H3. The van der Waals surface area contributed by atoms with E-state index in [0.29, 0.717) is 10.2 Å². The summed E-state index contributed by atoms with van der Waals surface area (Å²) in [5.41, 5.74) is 4.09. The molecule has 0 saturated heterocycles. The van der Waals surface area contributed by atoms with Gasteiger partial charge in [-0.3, -0.25) is 0 Å². The molecule has 2 heteroatoms. The Kier molecular flexibility index (Phi) is 4.65. The topological polar surface area (TPSA) is 9.23 Å². The van der Waals surface area contributed by atoms with Crippen LogP contribution in [-0.4, -0.2) is 7.11 Å². The van der Waals surface area contributed by atoms with E-state index >= 15 is 0 Å². The molecule has 17 heavy (non-hydrogen) atoms. The van der Waals surface area contributed by atoms with Gasteiger partial charge < -0.3 is 4.74 Å². The maximum absolute atomic E-state index is 5.40. The van der Waals surface area contributed by atoms with Crippen LogP contribution >= 0.6 is 15.9 Å². The number of hydrogen-bond acceptors (Lipinski definition) is 1. The van der Waals surface area contributed by atoms with Crippen molar-refractivity contribution < 1.29 is 4.74 Å². The molecular weight excluding hydrogens is 276 g/mol. The minimum Gasteiger partial charge on any atom is -0.496 e. The summed E-state index contributed by atoms with van der Waals surface area (Å²) in [5, 5.41) is 0. The average molecular weight is 299 g/mol. The van der Waals surface area contributed by atoms with Crippen molar-refractivity contribution in [1.29, 1.82) is 0 Å². The van der Waals surface area contributed by atoms with Crippen molar-refractivity contribution >= 4 is 15.9 Å². The lowest BCUT2D eigenvalue weighted by atomic mass is 9.88. The van der Waals surface area contributed by atoms with E-state index in [1.54, 1.807) is 7.11 Å². The molecule has 0 radical (unpaired) electrons. The van der Waals surface area contributed by atoms with Gasteiger partial charge in [0, 0.05) is 4.83 Å². The number of ether oxygens (including phenoxy) is 1. The lowest BCUT2D eigenvalue weighted by Gasteiger charge is -2.23. The molecule has 0 aliphatic rings. The zero-order valence-electron chi connectivity index (χ0n) is 11.7. The highest BCUT2D eigenvalue weighted by atomic mass is 79.9. The normalized spacial score (nSPS) is 13.6. The summed E-state index contributed by atoms with van der Waals surface area (Å²) >= 11 is 3.80. The maximum atomic E-state index is 5.40. The number of alkyl halides is 1. The van der Waals surface area contributed by atoms with E-state index in [2.05, 4.69) is 62.7 Å². The fourth-order valence-corrected chi connectivity index (χ4v) is 3.38. The molecule has 0 aromatic heterocycles. The fraction of sp³-hybridized carbons (Fsp3) is 0.600. The van der Waals surface area contributed by atoms with E-state index < -0.39 is 0 Å². The Hall–Kier alpha value is -0.500. The van der Waals surface area contributed by atoms with E-state index in [-0.39, 0.29) is 0 Å². The van der Waals surface area contributed by atoms with E-state index in [4.69, 9.17) is 4.74 Å². The molecule has 0 spiro atoms. The van der Waals surface area contributed by atoms with Crippen LogP contribution in [0.15, 0.2) is 12.1 Å². The van der Waals surface area contributed by atoms with Crippen molar-refractivity contribution in [3.63, 3.8) is 0 Å². The van der Waals surface area contributed by atoms with Crippen LogP contribution in [0.2, 0.25) is 0 Å². The Bertz CT molecular complexity index is 367. The molecule has 0 heterocycles. The predicted octanol–water partition coefficient (Wildman–Crippen LogP) is 5.18. The zero-order chi connectivity index (χ0) is 13.2. The number of rotatable bonds is 3. The second kappa shape index (κ2) is 5.43. The van der Waals surface area contributed by atoms with Gasteiger partial charge in [-0.05, 0) is 42.4 Å². The molecule has 1 unspecified atom stereocenters. The van der Waals surface area contributed by atoms with Crippen molar-refractivity contribution in [2.75, 3.05) is 7.11 Å². The molecule has 0 aliphatic heterocycles. The predicted molar refractivity (Wildman–Crippen MR) is 78.2 cm³/mol. The minimum absolute atomic E-state index is 0.329. The second-order valence-electron chi connectivity index (χ2n) is 5.92. The van der Waals surface area contributed by atoms with E-state index in [1.807, 2.05) is 0 Å². The average Bonchev–Trinajstić information content (AvgIpc) is 2.14. The van der Waals surface area contributed by atoms with Gasteiger partial charge in [0.1, 0.15) is 5.75 Å². The molecule has 1 atom stereocenters. The van der Waals surface area contributed by atoms with Crippen molar-refractivity contribution in [2.24, 2.45) is 5.41 Å². The van der Waals surface area contributed by atoms with Crippen LogP contribution in [0.3, 0.4) is 0 Å². The van der Waals surface area contributed by atoms with Crippen LogP contribution in [0.4, 0.5) is 0 Å². The number of methoxy groups -OCH3 is 1. The van der Waals surface area contributed by atoms with Crippen molar-refractivity contribution in [3.05, 3.63) is 28.8 Å². The third-order valence-electron chi connectivity index (χ3n) is 2.84. The fourth-order valence-electron chi connectivity index (χ4n) is 2.14. The highest BCUT2D eigenvalue weighted by Crippen LogP contribution is 2.38. The highest BCUT2D eigenvalue weighted by Gasteiger charge is 2.19. The molecule has 0 aliphatic carbocycles. The quantitative estimate of drug-likeness (QED) is 0.698. The molecule has 96 valence electrons. The molecule has 0 bridgehead atoms. The van der Waals surface area contributed by atoms with Crippen LogP contribution < -0.4 is 4.74 Å². The first kappa shape index (κ1) is 14.6. The molecule has 1 rings (SSSR count). The minimum atomic E-state index is 0.329. The molecule has 1 nitrogen and oxygen atoms in total. The van der Waals surface area contributed by atoms with Crippen LogP contribution in [0.5, 0.6) is 5.75 Å². The smallest absolute Gasteiger partial charge is 0.124 e. The van der Waals surface area contributed by atoms with Crippen LogP contribution in [0.1, 0.15) is 48.7 Å². The highest BCUT2D eigenvalue weighted by molar-refractivity contribution is 9.09. The Morgan fingerprint density at radius 1 is 1.18 bits per heavy atom. The summed E-state index contributed by atoms with van der Waals surface area (Å²) in [5.74, 6) is 1.00. The molecule has 0 amide bonds. The Morgan fingerprint density at radius 2 is 1.65 bits per heavy atom. The van der Waals surface area contributed by atoms with Gasteiger partial charge in [-0.15, -0.1) is 0 Å². The van der Waals surface area contributed by atoms with E-state index in [1.165, 1.54) is 16.7 Å². The number of hydrogen-bond donors (Lipinski definition) is 0. The van der Waals surface area contributed by atoms with Gasteiger partial charge in [0.05, 0.1) is 7.11 Å². The Labute approximate surface area is 114 Å². The second-order valence-corrected chi connectivity index (χ2v) is 7.03. The SMILES string of the molecule is COc1c(C)cc(C(Br)CC(C)(C)C)cc1C. The third kappa shape index (κ3) is 4.02. The van der Waals surface area contributed by atoms with Crippen molar-refractivity contribution in [1.82, 2.24) is 0 Å². The van der Waals surface area contributed by atoms with Crippen molar-refractivity contribution in [2.45, 2.75) is 45.9 Å². The first-order chi connectivity index (χ1) is 7.74. The van der Waals surface area contributed by atoms with Gasteiger partial charge in [0.25, 0.3) is 0 Å². The number of halogens is 1. The molecule has 0 saturated carbocycles.